The second kappa shape index (κ2) is 5.88. The Bertz CT molecular complexity index is 664. The fraction of sp³-hybridized carbons (Fsp3) is 0.438. The van der Waals surface area contributed by atoms with Crippen LogP contribution in [0.25, 0.3) is 5.69 Å². The summed E-state index contributed by atoms with van der Waals surface area (Å²) in [5, 5.41) is 17.7. The van der Waals surface area contributed by atoms with E-state index in [1.807, 2.05) is 35.0 Å². The van der Waals surface area contributed by atoms with E-state index in [9.17, 15) is 4.79 Å². The zero-order valence-electron chi connectivity index (χ0n) is 12.8. The molecule has 0 radical (unpaired) electrons. The van der Waals surface area contributed by atoms with Gasteiger partial charge >= 0.3 is 5.97 Å². The first-order valence-corrected chi connectivity index (χ1v) is 7.51. The lowest BCUT2D eigenvalue weighted by Crippen LogP contribution is -2.35. The summed E-state index contributed by atoms with van der Waals surface area (Å²) in [6.07, 6.45) is 2.29. The highest BCUT2D eigenvalue weighted by Crippen LogP contribution is 2.42. The van der Waals surface area contributed by atoms with E-state index in [-0.39, 0.29) is 0 Å². The Labute approximate surface area is 129 Å². The zero-order chi connectivity index (χ0) is 15.7. The summed E-state index contributed by atoms with van der Waals surface area (Å²) in [6, 6.07) is 9.40. The first kappa shape index (κ1) is 14.7. The lowest BCUT2D eigenvalue weighted by atomic mass is 10.2. The Morgan fingerprint density at radius 2 is 2.09 bits per heavy atom. The molecule has 0 aliphatic heterocycles. The third kappa shape index (κ3) is 2.87. The first-order chi connectivity index (χ1) is 10.6. The Morgan fingerprint density at radius 3 is 2.68 bits per heavy atom. The van der Waals surface area contributed by atoms with Gasteiger partial charge in [-0.1, -0.05) is 23.4 Å². The third-order valence-corrected chi connectivity index (χ3v) is 4.16. The number of aliphatic carboxylic acids is 1. The van der Waals surface area contributed by atoms with E-state index in [1.165, 1.54) is 0 Å². The lowest BCUT2D eigenvalue weighted by Gasteiger charge is -2.20. The van der Waals surface area contributed by atoms with Crippen molar-refractivity contribution >= 4 is 5.97 Å². The van der Waals surface area contributed by atoms with Gasteiger partial charge in [-0.2, -0.15) is 0 Å². The fourth-order valence-electron chi connectivity index (χ4n) is 2.52. The van der Waals surface area contributed by atoms with Gasteiger partial charge < -0.3 is 5.11 Å². The summed E-state index contributed by atoms with van der Waals surface area (Å²) >= 11 is 0. The molecule has 0 amide bonds. The average Bonchev–Trinajstić information content (AvgIpc) is 3.28. The predicted molar refractivity (Wildman–Crippen MR) is 81.9 cm³/mol. The first-order valence-electron chi connectivity index (χ1n) is 7.51. The molecule has 1 fully saturated rings. The van der Waals surface area contributed by atoms with Crippen molar-refractivity contribution in [2.75, 3.05) is 7.05 Å². The van der Waals surface area contributed by atoms with Gasteiger partial charge in [-0.3, -0.25) is 9.69 Å². The van der Waals surface area contributed by atoms with Gasteiger partial charge in [0.25, 0.3) is 0 Å². The van der Waals surface area contributed by atoms with Crippen LogP contribution >= 0.6 is 0 Å². The molecule has 1 N–H and O–H groups in total. The van der Waals surface area contributed by atoms with E-state index in [0.717, 1.165) is 29.9 Å². The summed E-state index contributed by atoms with van der Waals surface area (Å²) in [7, 11) is 1.80. The minimum absolute atomic E-state index is 0.485. The van der Waals surface area contributed by atoms with E-state index >= 15 is 0 Å². The molecule has 6 nitrogen and oxygen atoms in total. The molecule has 1 aromatic heterocycles. The van der Waals surface area contributed by atoms with Gasteiger partial charge in [-0.05, 0) is 38.9 Å². The Balaban J connectivity index is 1.90. The van der Waals surface area contributed by atoms with Crippen LogP contribution in [-0.2, 0) is 11.3 Å². The van der Waals surface area contributed by atoms with Gasteiger partial charge in [0.05, 0.1) is 11.4 Å². The van der Waals surface area contributed by atoms with Crippen molar-refractivity contribution in [3.8, 4) is 5.69 Å². The molecule has 0 spiro atoms. The highest BCUT2D eigenvalue weighted by Gasteiger charge is 2.32. The van der Waals surface area contributed by atoms with Gasteiger partial charge in [0.2, 0.25) is 0 Å². The molecule has 1 heterocycles. The number of hydrogen-bond acceptors (Lipinski definition) is 4. The van der Waals surface area contributed by atoms with Gasteiger partial charge in [0.15, 0.2) is 0 Å². The van der Waals surface area contributed by atoms with Crippen molar-refractivity contribution in [1.29, 1.82) is 0 Å². The molecule has 3 rings (SSSR count). The van der Waals surface area contributed by atoms with Gasteiger partial charge in [0.1, 0.15) is 11.7 Å². The van der Waals surface area contributed by atoms with Gasteiger partial charge in [-0.25, -0.2) is 4.68 Å². The average molecular weight is 300 g/mol. The van der Waals surface area contributed by atoms with Crippen molar-refractivity contribution in [1.82, 2.24) is 19.9 Å². The number of carboxylic acid groups (broad SMARTS) is 1. The van der Waals surface area contributed by atoms with Gasteiger partial charge in [-0.15, -0.1) is 5.10 Å². The number of hydrogen-bond donors (Lipinski definition) is 1. The maximum atomic E-state index is 11.1. The maximum Gasteiger partial charge on any atom is 0.320 e. The van der Waals surface area contributed by atoms with Crippen molar-refractivity contribution in [3.63, 3.8) is 0 Å². The molecule has 1 atom stereocenters. The highest BCUT2D eigenvalue weighted by atomic mass is 16.4. The molecular weight excluding hydrogens is 280 g/mol. The van der Waals surface area contributed by atoms with Crippen LogP contribution in [0.1, 0.15) is 37.1 Å². The standard InChI is InChI=1S/C16H20N4O2/c1-11(16(21)22)19(2)10-14-15(12-8-9-12)20(18-17-14)13-6-4-3-5-7-13/h3-7,11-12H,8-10H2,1-2H3,(H,21,22). The number of aromatic nitrogens is 3. The summed E-state index contributed by atoms with van der Waals surface area (Å²) < 4.78 is 1.90. The van der Waals surface area contributed by atoms with Crippen molar-refractivity contribution in [2.24, 2.45) is 0 Å². The number of carbonyl (C=O) groups is 1. The highest BCUT2D eigenvalue weighted by molar-refractivity contribution is 5.72. The normalized spacial score (nSPS) is 16.0. The van der Waals surface area contributed by atoms with Crippen molar-refractivity contribution < 1.29 is 9.90 Å². The molecule has 1 aliphatic rings. The second-order valence-electron chi connectivity index (χ2n) is 5.87. The summed E-state index contributed by atoms with van der Waals surface area (Å²) in [6.45, 7) is 2.17. The smallest absolute Gasteiger partial charge is 0.320 e. The molecule has 0 bridgehead atoms. The quantitative estimate of drug-likeness (QED) is 0.884. The minimum atomic E-state index is -0.828. The van der Waals surface area contributed by atoms with E-state index in [0.29, 0.717) is 12.5 Å². The molecule has 1 saturated carbocycles. The van der Waals surface area contributed by atoms with Crippen molar-refractivity contribution in [2.45, 2.75) is 38.3 Å². The maximum absolute atomic E-state index is 11.1. The lowest BCUT2D eigenvalue weighted by molar-refractivity contribution is -0.142. The molecule has 0 saturated heterocycles. The summed E-state index contributed by atoms with van der Waals surface area (Å²) in [5.41, 5.74) is 3.00. The Morgan fingerprint density at radius 1 is 1.41 bits per heavy atom. The Hall–Kier alpha value is -2.21. The number of para-hydroxylation sites is 1. The van der Waals surface area contributed by atoms with E-state index in [1.54, 1.807) is 18.9 Å². The molecule has 116 valence electrons. The largest absolute Gasteiger partial charge is 0.480 e. The number of benzene rings is 1. The Kier molecular flexibility index (Phi) is 3.94. The van der Waals surface area contributed by atoms with Crippen LogP contribution in [0.15, 0.2) is 30.3 Å². The molecule has 1 aromatic carbocycles. The molecular formula is C16H20N4O2. The van der Waals surface area contributed by atoms with E-state index in [4.69, 9.17) is 5.11 Å². The van der Waals surface area contributed by atoms with Crippen LogP contribution in [0.4, 0.5) is 0 Å². The summed E-state index contributed by atoms with van der Waals surface area (Å²) in [4.78, 5) is 12.9. The number of rotatable bonds is 6. The van der Waals surface area contributed by atoms with Crippen LogP contribution in [-0.4, -0.2) is 44.1 Å². The molecule has 1 aliphatic carbocycles. The van der Waals surface area contributed by atoms with Crippen LogP contribution in [0, 0.1) is 0 Å². The monoisotopic (exact) mass is 300 g/mol. The summed E-state index contributed by atoms with van der Waals surface area (Å²) in [5.74, 6) is -0.343. The predicted octanol–water partition coefficient (Wildman–Crippen LogP) is 2.05. The molecule has 1 unspecified atom stereocenters. The van der Waals surface area contributed by atoms with Crippen LogP contribution in [0.2, 0.25) is 0 Å². The topological polar surface area (TPSA) is 71.2 Å². The van der Waals surface area contributed by atoms with Gasteiger partial charge in [0, 0.05) is 12.5 Å². The van der Waals surface area contributed by atoms with E-state index in [2.05, 4.69) is 10.3 Å². The number of likely N-dealkylation sites (N-methyl/N-ethyl adjacent to an activating group) is 1. The third-order valence-electron chi connectivity index (χ3n) is 4.16. The SMILES string of the molecule is CC(C(=O)O)N(C)Cc1nnn(-c2ccccc2)c1C1CC1. The van der Waals surface area contributed by atoms with Crippen LogP contribution in [0.3, 0.4) is 0 Å². The van der Waals surface area contributed by atoms with Crippen LogP contribution in [0.5, 0.6) is 0 Å². The second-order valence-corrected chi connectivity index (χ2v) is 5.87. The van der Waals surface area contributed by atoms with E-state index < -0.39 is 12.0 Å². The number of nitrogens with zero attached hydrogens (tertiary/aromatic N) is 4. The number of carboxylic acids is 1. The molecule has 2 aromatic rings. The minimum Gasteiger partial charge on any atom is -0.480 e. The molecule has 22 heavy (non-hydrogen) atoms. The fourth-order valence-corrected chi connectivity index (χ4v) is 2.52. The zero-order valence-corrected chi connectivity index (χ0v) is 12.8. The van der Waals surface area contributed by atoms with Crippen LogP contribution < -0.4 is 0 Å². The van der Waals surface area contributed by atoms with Crippen molar-refractivity contribution in [3.05, 3.63) is 41.7 Å². The molecule has 6 heteroatoms.